The van der Waals surface area contributed by atoms with E-state index in [0.717, 1.165) is 11.3 Å². The molecule has 1 aromatic rings. The summed E-state index contributed by atoms with van der Waals surface area (Å²) in [5.74, 6) is 0.781. The molecule has 0 saturated carbocycles. The van der Waals surface area contributed by atoms with Gasteiger partial charge in [-0.1, -0.05) is 12.1 Å². The summed E-state index contributed by atoms with van der Waals surface area (Å²) in [6.45, 7) is 0.381. The monoisotopic (exact) mass is 193 g/mol. The second-order valence-corrected chi connectivity index (χ2v) is 3.07. The van der Waals surface area contributed by atoms with Crippen molar-refractivity contribution in [2.45, 2.75) is 6.04 Å². The number of alkyl carbamates (subject to hydrolysis) is 1. The van der Waals surface area contributed by atoms with Gasteiger partial charge in [0, 0.05) is 0 Å². The minimum Gasteiger partial charge on any atom is -0.497 e. The molecular weight excluding hydrogens is 182 g/mol. The van der Waals surface area contributed by atoms with E-state index in [9.17, 15) is 4.79 Å². The first-order valence-corrected chi connectivity index (χ1v) is 4.37. The predicted molar refractivity (Wildman–Crippen MR) is 50.2 cm³/mol. The number of benzene rings is 1. The normalized spacial score (nSPS) is 20.1. The van der Waals surface area contributed by atoms with E-state index in [4.69, 9.17) is 9.47 Å². The third-order valence-corrected chi connectivity index (χ3v) is 2.17. The van der Waals surface area contributed by atoms with E-state index >= 15 is 0 Å². The van der Waals surface area contributed by atoms with Crippen molar-refractivity contribution in [1.29, 1.82) is 0 Å². The average Bonchev–Trinajstić information content (AvgIpc) is 2.65. The van der Waals surface area contributed by atoms with Gasteiger partial charge in [-0.25, -0.2) is 4.79 Å². The van der Waals surface area contributed by atoms with Gasteiger partial charge in [0.25, 0.3) is 0 Å². The molecular formula is C10H11NO3. The number of cyclic esters (lactones) is 1. The Labute approximate surface area is 81.8 Å². The summed E-state index contributed by atoms with van der Waals surface area (Å²) in [5.41, 5.74) is 0.996. The Morgan fingerprint density at radius 3 is 3.07 bits per heavy atom. The fourth-order valence-corrected chi connectivity index (χ4v) is 1.42. The minimum absolute atomic E-state index is 0.0578. The zero-order valence-electron chi connectivity index (χ0n) is 7.82. The van der Waals surface area contributed by atoms with Crippen molar-refractivity contribution in [2.24, 2.45) is 0 Å². The van der Waals surface area contributed by atoms with Gasteiger partial charge < -0.3 is 14.8 Å². The van der Waals surface area contributed by atoms with Crippen LogP contribution in [0.4, 0.5) is 4.79 Å². The van der Waals surface area contributed by atoms with Crippen LogP contribution in [0.3, 0.4) is 0 Å². The fraction of sp³-hybridized carbons (Fsp3) is 0.300. The van der Waals surface area contributed by atoms with Crippen molar-refractivity contribution in [1.82, 2.24) is 5.32 Å². The molecule has 0 aliphatic carbocycles. The van der Waals surface area contributed by atoms with Crippen LogP contribution in [0.5, 0.6) is 5.75 Å². The second-order valence-electron chi connectivity index (χ2n) is 3.07. The summed E-state index contributed by atoms with van der Waals surface area (Å²) in [6.07, 6.45) is -0.363. The summed E-state index contributed by atoms with van der Waals surface area (Å²) in [7, 11) is 1.61. The molecule has 0 spiro atoms. The Morgan fingerprint density at radius 1 is 1.57 bits per heavy atom. The van der Waals surface area contributed by atoms with Crippen molar-refractivity contribution < 1.29 is 14.3 Å². The lowest BCUT2D eigenvalue weighted by atomic mass is 10.1. The summed E-state index contributed by atoms with van der Waals surface area (Å²) in [6, 6.07) is 7.51. The first-order valence-electron chi connectivity index (χ1n) is 4.37. The van der Waals surface area contributed by atoms with Crippen molar-refractivity contribution in [2.75, 3.05) is 13.7 Å². The number of rotatable bonds is 2. The van der Waals surface area contributed by atoms with Crippen molar-refractivity contribution in [3.63, 3.8) is 0 Å². The van der Waals surface area contributed by atoms with Crippen LogP contribution in [0.25, 0.3) is 0 Å². The van der Waals surface area contributed by atoms with E-state index in [1.54, 1.807) is 7.11 Å². The number of nitrogens with one attached hydrogen (secondary N) is 1. The molecule has 1 aliphatic rings. The highest BCUT2D eigenvalue weighted by Crippen LogP contribution is 2.21. The maximum atomic E-state index is 10.8. The number of hydrogen-bond donors (Lipinski definition) is 1. The smallest absolute Gasteiger partial charge is 0.407 e. The molecule has 1 N–H and O–H groups in total. The Hall–Kier alpha value is -1.71. The van der Waals surface area contributed by atoms with Gasteiger partial charge >= 0.3 is 6.09 Å². The first-order chi connectivity index (χ1) is 6.79. The maximum absolute atomic E-state index is 10.8. The highest BCUT2D eigenvalue weighted by molar-refractivity contribution is 5.70. The van der Waals surface area contributed by atoms with Gasteiger partial charge in [0.05, 0.1) is 13.2 Å². The molecule has 1 aromatic carbocycles. The fourth-order valence-electron chi connectivity index (χ4n) is 1.42. The van der Waals surface area contributed by atoms with Crippen LogP contribution in [0.1, 0.15) is 11.6 Å². The predicted octanol–water partition coefficient (Wildman–Crippen LogP) is 1.48. The molecule has 1 atom stereocenters. The zero-order valence-corrected chi connectivity index (χ0v) is 7.82. The van der Waals surface area contributed by atoms with Gasteiger partial charge in [0.15, 0.2) is 0 Å². The number of hydrogen-bond acceptors (Lipinski definition) is 3. The molecule has 1 amide bonds. The van der Waals surface area contributed by atoms with Crippen LogP contribution in [0.2, 0.25) is 0 Å². The lowest BCUT2D eigenvalue weighted by Gasteiger charge is -2.08. The summed E-state index contributed by atoms with van der Waals surface area (Å²) in [4.78, 5) is 10.8. The zero-order chi connectivity index (χ0) is 9.97. The van der Waals surface area contributed by atoms with E-state index in [-0.39, 0.29) is 12.1 Å². The summed E-state index contributed by atoms with van der Waals surface area (Å²) >= 11 is 0. The van der Waals surface area contributed by atoms with Gasteiger partial charge in [-0.3, -0.25) is 0 Å². The number of methoxy groups -OCH3 is 1. The van der Waals surface area contributed by atoms with E-state index in [2.05, 4.69) is 5.32 Å². The van der Waals surface area contributed by atoms with E-state index in [1.165, 1.54) is 0 Å². The molecule has 1 heterocycles. The SMILES string of the molecule is COc1cccc([C@H]2COC(=O)N2)c1. The van der Waals surface area contributed by atoms with E-state index < -0.39 is 0 Å². The molecule has 0 aromatic heterocycles. The maximum Gasteiger partial charge on any atom is 0.407 e. The number of amides is 1. The molecule has 1 aliphatic heterocycles. The highest BCUT2D eigenvalue weighted by Gasteiger charge is 2.23. The average molecular weight is 193 g/mol. The molecule has 4 nitrogen and oxygen atoms in total. The molecule has 0 radical (unpaired) electrons. The molecule has 14 heavy (non-hydrogen) atoms. The molecule has 0 unspecified atom stereocenters. The molecule has 4 heteroatoms. The quantitative estimate of drug-likeness (QED) is 0.773. The Bertz CT molecular complexity index is 351. The lowest BCUT2D eigenvalue weighted by Crippen LogP contribution is -2.18. The van der Waals surface area contributed by atoms with Gasteiger partial charge in [-0.15, -0.1) is 0 Å². The highest BCUT2D eigenvalue weighted by atomic mass is 16.6. The molecule has 74 valence electrons. The molecule has 0 bridgehead atoms. The Morgan fingerprint density at radius 2 is 2.43 bits per heavy atom. The Kier molecular flexibility index (Phi) is 2.26. The Balaban J connectivity index is 2.19. The van der Waals surface area contributed by atoms with Crippen molar-refractivity contribution >= 4 is 6.09 Å². The molecule has 2 rings (SSSR count). The van der Waals surface area contributed by atoms with Crippen LogP contribution < -0.4 is 10.1 Å². The summed E-state index contributed by atoms with van der Waals surface area (Å²) in [5, 5.41) is 2.70. The van der Waals surface area contributed by atoms with Crippen LogP contribution in [0, 0.1) is 0 Å². The van der Waals surface area contributed by atoms with Crippen LogP contribution in [-0.4, -0.2) is 19.8 Å². The van der Waals surface area contributed by atoms with Crippen molar-refractivity contribution in [3.8, 4) is 5.75 Å². The number of ether oxygens (including phenoxy) is 2. The topological polar surface area (TPSA) is 47.6 Å². The minimum atomic E-state index is -0.363. The largest absolute Gasteiger partial charge is 0.497 e. The van der Waals surface area contributed by atoms with E-state index in [0.29, 0.717) is 6.61 Å². The van der Waals surface area contributed by atoms with Crippen LogP contribution in [0.15, 0.2) is 24.3 Å². The van der Waals surface area contributed by atoms with Gasteiger partial charge in [0.1, 0.15) is 12.4 Å². The standard InChI is InChI=1S/C10H11NO3/c1-13-8-4-2-3-7(5-8)9-6-14-10(12)11-9/h2-5,9H,6H2,1H3,(H,11,12)/t9-/m1/s1. The number of carbonyl (C=O) groups excluding carboxylic acids is 1. The third kappa shape index (κ3) is 1.64. The van der Waals surface area contributed by atoms with E-state index in [1.807, 2.05) is 24.3 Å². The van der Waals surface area contributed by atoms with Crippen LogP contribution in [-0.2, 0) is 4.74 Å². The van der Waals surface area contributed by atoms with Gasteiger partial charge in [0.2, 0.25) is 0 Å². The summed E-state index contributed by atoms with van der Waals surface area (Å²) < 4.78 is 9.89. The van der Waals surface area contributed by atoms with Crippen LogP contribution >= 0.6 is 0 Å². The lowest BCUT2D eigenvalue weighted by molar-refractivity contribution is 0.177. The van der Waals surface area contributed by atoms with Gasteiger partial charge in [-0.05, 0) is 17.7 Å². The number of carbonyl (C=O) groups is 1. The second kappa shape index (κ2) is 3.57. The first kappa shape index (κ1) is 8.87. The third-order valence-electron chi connectivity index (χ3n) is 2.17. The molecule has 1 fully saturated rings. The molecule has 1 saturated heterocycles. The van der Waals surface area contributed by atoms with Crippen molar-refractivity contribution in [3.05, 3.63) is 29.8 Å². The van der Waals surface area contributed by atoms with Gasteiger partial charge in [-0.2, -0.15) is 0 Å².